The van der Waals surface area contributed by atoms with Gasteiger partial charge < -0.3 is 0 Å². The minimum Gasteiger partial charge on any atom is -0.0955 e. The maximum absolute atomic E-state index is 6.01. The van der Waals surface area contributed by atoms with Crippen molar-refractivity contribution in [3.63, 3.8) is 0 Å². The van der Waals surface area contributed by atoms with E-state index >= 15 is 0 Å². The van der Waals surface area contributed by atoms with Crippen LogP contribution < -0.4 is 0 Å². The molecule has 0 spiro atoms. The minimum absolute atomic E-state index is 0.750. The lowest BCUT2D eigenvalue weighted by molar-refractivity contribution is 1.40. The number of allylic oxidation sites excluding steroid dienone is 1. The van der Waals surface area contributed by atoms with E-state index in [1.54, 1.807) is 0 Å². The molecule has 1 aromatic rings. The van der Waals surface area contributed by atoms with Gasteiger partial charge in [0.05, 0.1) is 0 Å². The molecule has 0 fully saturated rings. The van der Waals surface area contributed by atoms with Crippen molar-refractivity contribution in [1.82, 2.24) is 0 Å². The Kier molecular flexibility index (Phi) is 2.97. The Morgan fingerprint density at radius 1 is 1.50 bits per heavy atom. The molecule has 0 bridgehead atoms. The third-order valence-corrected chi connectivity index (χ3v) is 2.88. The van der Waals surface area contributed by atoms with E-state index < -0.39 is 0 Å². The minimum atomic E-state index is 0.750. The van der Waals surface area contributed by atoms with Gasteiger partial charge in [-0.25, -0.2) is 0 Å². The fourth-order valence-corrected chi connectivity index (χ4v) is 1.78. The molecule has 1 rings (SSSR count). The Morgan fingerprint density at radius 2 is 2.08 bits per heavy atom. The molecule has 0 radical (unpaired) electrons. The lowest BCUT2D eigenvalue weighted by Gasteiger charge is -2.06. The molecular formula is C10H10BrCl. The zero-order valence-corrected chi connectivity index (χ0v) is 9.46. The van der Waals surface area contributed by atoms with Gasteiger partial charge in [-0.2, -0.15) is 0 Å². The van der Waals surface area contributed by atoms with Crippen LogP contribution in [0.5, 0.6) is 0 Å². The molecule has 0 nitrogen and oxygen atoms in total. The zero-order valence-electron chi connectivity index (χ0n) is 7.12. The van der Waals surface area contributed by atoms with Crippen molar-refractivity contribution in [3.05, 3.63) is 39.3 Å². The topological polar surface area (TPSA) is 0 Å². The number of aryl methyl sites for hydroxylation is 1. The summed E-state index contributed by atoms with van der Waals surface area (Å²) in [4.78, 5) is 0. The van der Waals surface area contributed by atoms with E-state index in [0.29, 0.717) is 0 Å². The molecule has 0 saturated heterocycles. The fraction of sp³-hybridized carbons (Fsp3) is 0.200. The first-order valence-electron chi connectivity index (χ1n) is 3.64. The summed E-state index contributed by atoms with van der Waals surface area (Å²) in [5.41, 5.74) is 3.20. The van der Waals surface area contributed by atoms with Crippen molar-refractivity contribution in [2.24, 2.45) is 0 Å². The average Bonchev–Trinajstić information content (AvgIpc) is 1.96. The van der Waals surface area contributed by atoms with Gasteiger partial charge in [-0.15, -0.1) is 0 Å². The van der Waals surface area contributed by atoms with Gasteiger partial charge in [0.2, 0.25) is 0 Å². The van der Waals surface area contributed by atoms with E-state index in [1.165, 1.54) is 5.56 Å². The van der Waals surface area contributed by atoms with Crippen molar-refractivity contribution < 1.29 is 0 Å². The molecule has 12 heavy (non-hydrogen) atoms. The Balaban J connectivity index is 3.33. The van der Waals surface area contributed by atoms with E-state index in [4.69, 9.17) is 11.6 Å². The summed E-state index contributed by atoms with van der Waals surface area (Å²) >= 11 is 9.42. The normalized spacial score (nSPS) is 10.0. The molecule has 0 atom stereocenters. The fourth-order valence-electron chi connectivity index (χ4n) is 0.984. The Hall–Kier alpha value is -0.270. The summed E-state index contributed by atoms with van der Waals surface area (Å²) in [6.45, 7) is 7.84. The highest BCUT2D eigenvalue weighted by Gasteiger charge is 2.03. The number of halogens is 2. The second-order valence-corrected chi connectivity index (χ2v) is 4.12. The van der Waals surface area contributed by atoms with E-state index in [0.717, 1.165) is 20.6 Å². The molecule has 0 heterocycles. The third-order valence-electron chi connectivity index (χ3n) is 1.71. The van der Waals surface area contributed by atoms with Gasteiger partial charge in [-0.05, 0) is 42.7 Å². The summed E-state index contributed by atoms with van der Waals surface area (Å²) in [7, 11) is 0. The second kappa shape index (κ2) is 3.63. The van der Waals surface area contributed by atoms with Crippen LogP contribution in [-0.4, -0.2) is 0 Å². The molecule has 0 aliphatic rings. The molecule has 64 valence electrons. The summed E-state index contributed by atoms with van der Waals surface area (Å²) in [5.74, 6) is 0. The van der Waals surface area contributed by atoms with E-state index in [2.05, 4.69) is 22.5 Å². The highest BCUT2D eigenvalue weighted by Crippen LogP contribution is 2.28. The van der Waals surface area contributed by atoms with Crippen LogP contribution in [-0.2, 0) is 0 Å². The smallest absolute Gasteiger partial charge is 0.0492 e. The van der Waals surface area contributed by atoms with Crippen LogP contribution in [0, 0.1) is 6.92 Å². The maximum atomic E-state index is 6.01. The van der Waals surface area contributed by atoms with Gasteiger partial charge in [0.15, 0.2) is 0 Å². The van der Waals surface area contributed by atoms with E-state index in [1.807, 2.05) is 26.0 Å². The predicted molar refractivity (Wildman–Crippen MR) is 58.6 cm³/mol. The maximum Gasteiger partial charge on any atom is 0.0492 e. The Labute approximate surface area is 86.4 Å². The van der Waals surface area contributed by atoms with Crippen LogP contribution in [0.15, 0.2) is 23.2 Å². The lowest BCUT2D eigenvalue weighted by atomic mass is 10.1. The van der Waals surface area contributed by atoms with Gasteiger partial charge in [0.1, 0.15) is 0 Å². The second-order valence-electron chi connectivity index (χ2n) is 2.86. The Bertz CT molecular complexity index is 329. The van der Waals surface area contributed by atoms with Crippen LogP contribution in [0.4, 0.5) is 0 Å². The third kappa shape index (κ3) is 1.90. The van der Waals surface area contributed by atoms with Gasteiger partial charge >= 0.3 is 0 Å². The first kappa shape index (κ1) is 9.82. The molecule has 0 N–H and O–H groups in total. The molecule has 0 aliphatic carbocycles. The van der Waals surface area contributed by atoms with Crippen LogP contribution in [0.3, 0.4) is 0 Å². The molecule has 0 unspecified atom stereocenters. The van der Waals surface area contributed by atoms with Crippen molar-refractivity contribution >= 4 is 33.1 Å². The van der Waals surface area contributed by atoms with E-state index in [9.17, 15) is 0 Å². The molecular weight excluding hydrogens is 235 g/mol. The van der Waals surface area contributed by atoms with Crippen molar-refractivity contribution in [2.45, 2.75) is 13.8 Å². The molecule has 1 aromatic carbocycles. The Morgan fingerprint density at radius 3 is 2.58 bits per heavy atom. The zero-order chi connectivity index (χ0) is 9.30. The van der Waals surface area contributed by atoms with Crippen LogP contribution in [0.1, 0.15) is 18.1 Å². The first-order chi connectivity index (χ1) is 5.52. The molecule has 0 aromatic heterocycles. The summed E-state index contributed by atoms with van der Waals surface area (Å²) in [5, 5.41) is 0.750. The van der Waals surface area contributed by atoms with Crippen molar-refractivity contribution in [2.75, 3.05) is 0 Å². The first-order valence-corrected chi connectivity index (χ1v) is 4.81. The van der Waals surface area contributed by atoms with Gasteiger partial charge in [0.25, 0.3) is 0 Å². The highest BCUT2D eigenvalue weighted by atomic mass is 79.9. The van der Waals surface area contributed by atoms with Crippen molar-refractivity contribution in [1.29, 1.82) is 0 Å². The number of hydrogen-bond donors (Lipinski definition) is 0. The van der Waals surface area contributed by atoms with Crippen LogP contribution in [0.2, 0.25) is 5.02 Å². The molecule has 0 saturated carbocycles. The predicted octanol–water partition coefficient (Wildman–Crippen LogP) is 4.44. The van der Waals surface area contributed by atoms with Crippen molar-refractivity contribution in [3.8, 4) is 0 Å². The molecule has 0 aliphatic heterocycles. The molecule has 2 heteroatoms. The lowest BCUT2D eigenvalue weighted by Crippen LogP contribution is -1.84. The number of benzene rings is 1. The summed E-state index contributed by atoms with van der Waals surface area (Å²) in [6, 6.07) is 3.94. The standard InChI is InChI=1S/C10H10BrCl/c1-6(2)8-4-7(3)9(11)5-10(8)12/h4-5H,1H2,2-3H3. The van der Waals surface area contributed by atoms with Gasteiger partial charge in [-0.3, -0.25) is 0 Å². The average molecular weight is 246 g/mol. The quantitative estimate of drug-likeness (QED) is 0.686. The van der Waals surface area contributed by atoms with Gasteiger partial charge in [-0.1, -0.05) is 34.1 Å². The highest BCUT2D eigenvalue weighted by molar-refractivity contribution is 9.10. The number of rotatable bonds is 1. The SMILES string of the molecule is C=C(C)c1cc(C)c(Br)cc1Cl. The van der Waals surface area contributed by atoms with Crippen LogP contribution >= 0.6 is 27.5 Å². The summed E-state index contributed by atoms with van der Waals surface area (Å²) in [6.07, 6.45) is 0. The monoisotopic (exact) mass is 244 g/mol. The number of hydrogen-bond acceptors (Lipinski definition) is 0. The van der Waals surface area contributed by atoms with Gasteiger partial charge in [0, 0.05) is 9.50 Å². The van der Waals surface area contributed by atoms with Crippen LogP contribution in [0.25, 0.3) is 5.57 Å². The van der Waals surface area contributed by atoms with E-state index in [-0.39, 0.29) is 0 Å². The molecule has 0 amide bonds. The largest absolute Gasteiger partial charge is 0.0955 e. The summed E-state index contributed by atoms with van der Waals surface area (Å²) < 4.78 is 1.04.